The molecule has 1 N–H and O–H groups in total. The van der Waals surface area contributed by atoms with E-state index in [1.165, 1.54) is 25.8 Å². The van der Waals surface area contributed by atoms with E-state index in [0.717, 1.165) is 38.2 Å². The minimum absolute atomic E-state index is 0.783. The minimum atomic E-state index is 0.783. The van der Waals surface area contributed by atoms with Gasteiger partial charge in [0.15, 0.2) is 0 Å². The minimum Gasteiger partial charge on any atom is -0.385 e. The van der Waals surface area contributed by atoms with E-state index in [4.69, 9.17) is 4.74 Å². The van der Waals surface area contributed by atoms with Gasteiger partial charge in [0.05, 0.1) is 0 Å². The molecule has 3 heteroatoms. The predicted molar refractivity (Wildman–Crippen MR) is 68.8 cm³/mol. The van der Waals surface area contributed by atoms with Gasteiger partial charge in [0, 0.05) is 38.9 Å². The van der Waals surface area contributed by atoms with Crippen molar-refractivity contribution in [3.8, 4) is 0 Å². The summed E-state index contributed by atoms with van der Waals surface area (Å²) >= 11 is 0. The van der Waals surface area contributed by atoms with Gasteiger partial charge in [-0.05, 0) is 39.2 Å². The zero-order valence-electron chi connectivity index (χ0n) is 11.2. The lowest BCUT2D eigenvalue weighted by atomic mass is 10.1. The maximum absolute atomic E-state index is 5.02. The van der Waals surface area contributed by atoms with Crippen molar-refractivity contribution in [3.05, 3.63) is 0 Å². The molecule has 0 aromatic heterocycles. The Labute approximate surface area is 101 Å². The van der Waals surface area contributed by atoms with Crippen molar-refractivity contribution in [1.29, 1.82) is 0 Å². The number of likely N-dealkylation sites (tertiary alicyclic amines) is 1. The van der Waals surface area contributed by atoms with Crippen molar-refractivity contribution in [1.82, 2.24) is 10.2 Å². The van der Waals surface area contributed by atoms with Crippen LogP contribution >= 0.6 is 0 Å². The van der Waals surface area contributed by atoms with Crippen LogP contribution in [0.4, 0.5) is 0 Å². The van der Waals surface area contributed by atoms with Gasteiger partial charge in [-0.3, -0.25) is 4.90 Å². The van der Waals surface area contributed by atoms with Crippen LogP contribution in [0.1, 0.15) is 39.5 Å². The summed E-state index contributed by atoms with van der Waals surface area (Å²) in [6.45, 7) is 8.93. The van der Waals surface area contributed by atoms with Crippen LogP contribution in [0.25, 0.3) is 0 Å². The third-order valence-corrected chi connectivity index (χ3v) is 3.67. The summed E-state index contributed by atoms with van der Waals surface area (Å²) in [5.41, 5.74) is 0. The van der Waals surface area contributed by atoms with E-state index in [-0.39, 0.29) is 0 Å². The zero-order valence-corrected chi connectivity index (χ0v) is 11.2. The Hall–Kier alpha value is -0.120. The molecule has 0 bridgehead atoms. The van der Waals surface area contributed by atoms with Crippen molar-refractivity contribution in [2.75, 3.05) is 33.4 Å². The van der Waals surface area contributed by atoms with Gasteiger partial charge < -0.3 is 10.1 Å². The summed E-state index contributed by atoms with van der Waals surface area (Å²) in [5.74, 6) is 0. The third-order valence-electron chi connectivity index (χ3n) is 3.67. The average molecular weight is 228 g/mol. The second-order valence-corrected chi connectivity index (χ2v) is 4.82. The fraction of sp³-hybridized carbons (Fsp3) is 1.00. The summed E-state index contributed by atoms with van der Waals surface area (Å²) in [6.07, 6.45) is 5.18. The molecule has 0 amide bonds. The van der Waals surface area contributed by atoms with Crippen LogP contribution < -0.4 is 5.32 Å². The highest BCUT2D eigenvalue weighted by Crippen LogP contribution is 2.24. The van der Waals surface area contributed by atoms with Gasteiger partial charge in [-0.15, -0.1) is 0 Å². The van der Waals surface area contributed by atoms with Crippen LogP contribution in [0.5, 0.6) is 0 Å². The molecule has 1 rings (SSSR count). The number of nitrogens with one attached hydrogen (secondary N) is 1. The van der Waals surface area contributed by atoms with Crippen LogP contribution in [0.2, 0.25) is 0 Å². The number of rotatable bonds is 8. The van der Waals surface area contributed by atoms with Crippen LogP contribution in [0.3, 0.4) is 0 Å². The average Bonchev–Trinajstić information content (AvgIpc) is 2.65. The lowest BCUT2D eigenvalue weighted by Crippen LogP contribution is -2.39. The Morgan fingerprint density at radius 3 is 2.81 bits per heavy atom. The molecule has 0 aromatic rings. The molecule has 3 nitrogen and oxygen atoms in total. The highest BCUT2D eigenvalue weighted by atomic mass is 16.5. The van der Waals surface area contributed by atoms with Crippen molar-refractivity contribution >= 4 is 0 Å². The predicted octanol–water partition coefficient (Wildman–Crippen LogP) is 1.88. The fourth-order valence-corrected chi connectivity index (χ4v) is 2.64. The van der Waals surface area contributed by atoms with Crippen molar-refractivity contribution in [2.45, 2.75) is 51.6 Å². The maximum atomic E-state index is 5.02. The summed E-state index contributed by atoms with van der Waals surface area (Å²) in [4.78, 5) is 2.67. The summed E-state index contributed by atoms with van der Waals surface area (Å²) in [5, 5.41) is 3.49. The summed E-state index contributed by atoms with van der Waals surface area (Å²) in [6, 6.07) is 1.61. The molecule has 1 aliphatic heterocycles. The second-order valence-electron chi connectivity index (χ2n) is 4.82. The van der Waals surface area contributed by atoms with Crippen molar-refractivity contribution < 1.29 is 4.74 Å². The highest BCUT2D eigenvalue weighted by molar-refractivity contribution is 4.84. The Morgan fingerprint density at radius 1 is 1.31 bits per heavy atom. The Bertz CT molecular complexity index is 175. The quantitative estimate of drug-likeness (QED) is 0.642. The number of hydrogen-bond acceptors (Lipinski definition) is 3. The first kappa shape index (κ1) is 13.9. The Morgan fingerprint density at radius 2 is 2.12 bits per heavy atom. The molecule has 0 radical (unpaired) electrons. The molecule has 2 atom stereocenters. The van der Waals surface area contributed by atoms with E-state index < -0.39 is 0 Å². The van der Waals surface area contributed by atoms with Gasteiger partial charge in [-0.2, -0.15) is 0 Å². The fourth-order valence-electron chi connectivity index (χ4n) is 2.64. The molecule has 1 saturated heterocycles. The zero-order chi connectivity index (χ0) is 11.8. The van der Waals surface area contributed by atoms with Crippen LogP contribution in [-0.2, 0) is 4.74 Å². The number of ether oxygens (including phenoxy) is 1. The first-order valence-corrected chi connectivity index (χ1v) is 6.75. The molecular formula is C13H28N2O. The van der Waals surface area contributed by atoms with Crippen LogP contribution in [0, 0.1) is 0 Å². The topological polar surface area (TPSA) is 24.5 Å². The smallest absolute Gasteiger partial charge is 0.0474 e. The lowest BCUT2D eigenvalue weighted by molar-refractivity contribution is 0.187. The van der Waals surface area contributed by atoms with Gasteiger partial charge in [-0.25, -0.2) is 0 Å². The Balaban J connectivity index is 2.06. The van der Waals surface area contributed by atoms with Gasteiger partial charge >= 0.3 is 0 Å². The van der Waals surface area contributed by atoms with Crippen LogP contribution in [-0.4, -0.2) is 50.3 Å². The highest BCUT2D eigenvalue weighted by Gasteiger charge is 2.28. The second kappa shape index (κ2) is 8.04. The molecular weight excluding hydrogens is 200 g/mol. The van der Waals surface area contributed by atoms with E-state index in [1.54, 1.807) is 7.11 Å². The molecule has 0 spiro atoms. The standard InChI is InChI=1S/C13H28N2O/c1-4-13-7-6-12(2)15(13)10-9-14-8-5-11-16-3/h12-14H,4-11H2,1-3H3. The van der Waals surface area contributed by atoms with Gasteiger partial charge in [0.25, 0.3) is 0 Å². The van der Waals surface area contributed by atoms with Crippen molar-refractivity contribution in [2.24, 2.45) is 0 Å². The number of methoxy groups -OCH3 is 1. The van der Waals surface area contributed by atoms with Gasteiger partial charge in [0.2, 0.25) is 0 Å². The molecule has 96 valence electrons. The molecule has 0 aromatic carbocycles. The first-order chi connectivity index (χ1) is 7.79. The molecule has 0 saturated carbocycles. The SMILES string of the molecule is CCC1CCC(C)N1CCNCCCOC. The summed E-state index contributed by atoms with van der Waals surface area (Å²) < 4.78 is 5.02. The molecule has 0 aliphatic carbocycles. The molecule has 16 heavy (non-hydrogen) atoms. The Kier molecular flexibility index (Phi) is 7.01. The van der Waals surface area contributed by atoms with Gasteiger partial charge in [-0.1, -0.05) is 6.92 Å². The van der Waals surface area contributed by atoms with Crippen molar-refractivity contribution in [3.63, 3.8) is 0 Å². The monoisotopic (exact) mass is 228 g/mol. The normalized spacial score (nSPS) is 26.4. The third kappa shape index (κ3) is 4.40. The van der Waals surface area contributed by atoms with E-state index in [0.29, 0.717) is 0 Å². The molecule has 2 unspecified atom stereocenters. The maximum Gasteiger partial charge on any atom is 0.0474 e. The van der Waals surface area contributed by atoms with E-state index in [1.807, 2.05) is 0 Å². The van der Waals surface area contributed by atoms with E-state index in [2.05, 4.69) is 24.1 Å². The van der Waals surface area contributed by atoms with E-state index in [9.17, 15) is 0 Å². The largest absolute Gasteiger partial charge is 0.385 e. The first-order valence-electron chi connectivity index (χ1n) is 6.75. The molecule has 1 fully saturated rings. The van der Waals surface area contributed by atoms with Gasteiger partial charge in [0.1, 0.15) is 0 Å². The number of nitrogens with zero attached hydrogens (tertiary/aromatic N) is 1. The lowest BCUT2D eigenvalue weighted by Gasteiger charge is -2.27. The summed E-state index contributed by atoms with van der Waals surface area (Å²) in [7, 11) is 1.76. The number of hydrogen-bond donors (Lipinski definition) is 1. The molecule has 1 heterocycles. The van der Waals surface area contributed by atoms with Crippen LogP contribution in [0.15, 0.2) is 0 Å². The van der Waals surface area contributed by atoms with E-state index >= 15 is 0 Å². The molecule has 1 aliphatic rings.